The molecule has 0 amide bonds. The summed E-state index contributed by atoms with van der Waals surface area (Å²) in [5.41, 5.74) is 3.98. The van der Waals surface area contributed by atoms with E-state index in [1.165, 1.54) is 13.2 Å². The third-order valence-corrected chi connectivity index (χ3v) is 5.49. The minimum atomic E-state index is -0.406. The molecule has 1 aliphatic carbocycles. The smallest absolute Gasteiger partial charge is 0.230 e. The number of halogens is 1. The fourth-order valence-corrected chi connectivity index (χ4v) is 3.67. The van der Waals surface area contributed by atoms with E-state index in [1.807, 2.05) is 22.7 Å². The van der Waals surface area contributed by atoms with Crippen molar-refractivity contribution in [3.8, 4) is 39.7 Å². The number of methoxy groups -OCH3 is 1. The summed E-state index contributed by atoms with van der Waals surface area (Å²) in [6, 6.07) is 8.53. The van der Waals surface area contributed by atoms with Crippen molar-refractivity contribution in [2.75, 3.05) is 7.11 Å². The van der Waals surface area contributed by atoms with Crippen LogP contribution in [-0.2, 0) is 0 Å². The standard InChI is InChI=1S/C22H17FN6O2/c1-30-14-5-6-15(17(23)8-14)20-16(9-25-27-20)13-4-7-19-24-10-18(29(19)11-13)21-26-22(31-28-21)12-2-3-12/h4-12H,2-3H2,1H3,(H,25,27). The predicted molar refractivity (Wildman–Crippen MR) is 110 cm³/mol. The van der Waals surface area contributed by atoms with Crippen molar-refractivity contribution in [1.29, 1.82) is 0 Å². The van der Waals surface area contributed by atoms with E-state index in [0.29, 0.717) is 34.6 Å². The van der Waals surface area contributed by atoms with Crippen molar-refractivity contribution in [3.63, 3.8) is 0 Å². The molecular formula is C22H17FN6O2. The van der Waals surface area contributed by atoms with Crippen LogP contribution >= 0.6 is 0 Å². The molecule has 0 bridgehead atoms. The molecule has 4 heterocycles. The van der Waals surface area contributed by atoms with Crippen LogP contribution in [0.3, 0.4) is 0 Å². The van der Waals surface area contributed by atoms with Gasteiger partial charge in [0.15, 0.2) is 0 Å². The lowest BCUT2D eigenvalue weighted by molar-refractivity contribution is 0.380. The van der Waals surface area contributed by atoms with E-state index in [4.69, 9.17) is 9.26 Å². The Balaban J connectivity index is 1.44. The first-order valence-electron chi connectivity index (χ1n) is 9.90. The molecule has 1 fully saturated rings. The van der Waals surface area contributed by atoms with Gasteiger partial charge in [-0.3, -0.25) is 9.50 Å². The second-order valence-corrected chi connectivity index (χ2v) is 7.51. The number of fused-ring (bicyclic) bond motifs is 1. The fourth-order valence-electron chi connectivity index (χ4n) is 3.67. The molecule has 154 valence electrons. The number of benzene rings is 1. The Hall–Kier alpha value is -4.01. The fraction of sp³-hybridized carbons (Fsp3) is 0.182. The van der Waals surface area contributed by atoms with Crippen LogP contribution in [0.4, 0.5) is 4.39 Å². The average Bonchev–Trinajstić information content (AvgIpc) is 3.18. The zero-order valence-corrected chi connectivity index (χ0v) is 16.5. The van der Waals surface area contributed by atoms with Crippen molar-refractivity contribution >= 4 is 5.65 Å². The van der Waals surface area contributed by atoms with Gasteiger partial charge in [0.25, 0.3) is 0 Å². The monoisotopic (exact) mass is 416 g/mol. The predicted octanol–water partition coefficient (Wildman–Crippen LogP) is 4.47. The first-order chi connectivity index (χ1) is 15.2. The van der Waals surface area contributed by atoms with Crippen molar-refractivity contribution in [2.45, 2.75) is 18.8 Å². The Bertz CT molecular complexity index is 1410. The van der Waals surface area contributed by atoms with Crippen LogP contribution in [0.25, 0.3) is 39.5 Å². The summed E-state index contributed by atoms with van der Waals surface area (Å²) in [6.07, 6.45) is 7.56. The SMILES string of the molecule is COc1ccc(-c2n[nH]cc2-c2ccc3ncc(-c4noc(C5CC5)n4)n3c2)c(F)c1. The number of pyridine rings is 1. The van der Waals surface area contributed by atoms with Gasteiger partial charge in [-0.1, -0.05) is 5.16 Å². The molecule has 0 saturated heterocycles. The van der Waals surface area contributed by atoms with Gasteiger partial charge < -0.3 is 9.26 Å². The van der Waals surface area contributed by atoms with Gasteiger partial charge >= 0.3 is 0 Å². The molecular weight excluding hydrogens is 399 g/mol. The van der Waals surface area contributed by atoms with Crippen molar-refractivity contribution in [3.05, 3.63) is 60.6 Å². The molecule has 0 unspecified atom stereocenters. The first kappa shape index (κ1) is 17.8. The number of imidazole rings is 1. The lowest BCUT2D eigenvalue weighted by Gasteiger charge is -2.07. The summed E-state index contributed by atoms with van der Waals surface area (Å²) in [7, 11) is 1.50. The van der Waals surface area contributed by atoms with Gasteiger partial charge in [-0.05, 0) is 37.1 Å². The molecule has 0 spiro atoms. The van der Waals surface area contributed by atoms with E-state index >= 15 is 0 Å². The Labute approximate surface area is 175 Å². The summed E-state index contributed by atoms with van der Waals surface area (Å²) in [4.78, 5) is 8.98. The van der Waals surface area contributed by atoms with Gasteiger partial charge in [0.2, 0.25) is 11.7 Å². The summed E-state index contributed by atoms with van der Waals surface area (Å²) in [5.74, 6) is 1.60. The molecule has 0 radical (unpaired) electrons. The van der Waals surface area contributed by atoms with Gasteiger partial charge in [0.1, 0.15) is 28.6 Å². The number of nitrogens with zero attached hydrogens (tertiary/aromatic N) is 5. The van der Waals surface area contributed by atoms with Gasteiger partial charge in [-0.25, -0.2) is 9.37 Å². The zero-order chi connectivity index (χ0) is 20.9. The first-order valence-corrected chi connectivity index (χ1v) is 9.90. The summed E-state index contributed by atoms with van der Waals surface area (Å²) in [6.45, 7) is 0. The van der Waals surface area contributed by atoms with E-state index in [0.717, 1.165) is 35.3 Å². The minimum Gasteiger partial charge on any atom is -0.497 e. The molecule has 6 rings (SSSR count). The van der Waals surface area contributed by atoms with Gasteiger partial charge in [-0.15, -0.1) is 0 Å². The second-order valence-electron chi connectivity index (χ2n) is 7.51. The molecule has 5 aromatic rings. The molecule has 1 aromatic carbocycles. The van der Waals surface area contributed by atoms with Crippen molar-refractivity contribution < 1.29 is 13.7 Å². The second kappa shape index (κ2) is 6.76. The minimum absolute atomic E-state index is 0.379. The van der Waals surface area contributed by atoms with Gasteiger partial charge in [-0.2, -0.15) is 10.1 Å². The molecule has 1 aliphatic rings. The van der Waals surface area contributed by atoms with Crippen LogP contribution in [0.5, 0.6) is 5.75 Å². The number of nitrogens with one attached hydrogen (secondary N) is 1. The highest BCUT2D eigenvalue weighted by Gasteiger charge is 2.30. The number of aromatic nitrogens is 6. The van der Waals surface area contributed by atoms with Crippen LogP contribution in [-0.4, -0.2) is 36.8 Å². The third kappa shape index (κ3) is 2.97. The van der Waals surface area contributed by atoms with E-state index < -0.39 is 5.82 Å². The Morgan fingerprint density at radius 1 is 1.19 bits per heavy atom. The summed E-state index contributed by atoms with van der Waals surface area (Å²) >= 11 is 0. The highest BCUT2D eigenvalue weighted by Crippen LogP contribution is 2.39. The van der Waals surface area contributed by atoms with Crippen molar-refractivity contribution in [1.82, 2.24) is 29.7 Å². The normalized spacial score (nSPS) is 13.7. The molecule has 1 saturated carbocycles. The Kier molecular flexibility index (Phi) is 3.89. The number of rotatable bonds is 5. The number of H-pyrrole nitrogens is 1. The highest BCUT2D eigenvalue weighted by molar-refractivity contribution is 5.81. The maximum atomic E-state index is 14.7. The third-order valence-electron chi connectivity index (χ3n) is 5.49. The quantitative estimate of drug-likeness (QED) is 0.454. The number of aromatic amines is 1. The topological polar surface area (TPSA) is 94.1 Å². The lowest BCUT2D eigenvalue weighted by Crippen LogP contribution is -1.93. The number of ether oxygens (including phenoxy) is 1. The molecule has 1 N–H and O–H groups in total. The molecule has 4 aromatic heterocycles. The van der Waals surface area contributed by atoms with Crippen LogP contribution in [0.15, 0.2) is 53.4 Å². The van der Waals surface area contributed by atoms with Crippen LogP contribution in [0, 0.1) is 5.82 Å². The maximum absolute atomic E-state index is 14.7. The molecule has 9 heteroatoms. The van der Waals surface area contributed by atoms with E-state index in [1.54, 1.807) is 24.5 Å². The Morgan fingerprint density at radius 3 is 2.90 bits per heavy atom. The highest BCUT2D eigenvalue weighted by atomic mass is 19.1. The summed E-state index contributed by atoms with van der Waals surface area (Å²) < 4.78 is 27.1. The van der Waals surface area contributed by atoms with Gasteiger partial charge in [0, 0.05) is 41.1 Å². The average molecular weight is 416 g/mol. The van der Waals surface area contributed by atoms with E-state index in [2.05, 4.69) is 25.3 Å². The molecule has 31 heavy (non-hydrogen) atoms. The number of hydrogen-bond donors (Lipinski definition) is 1. The Morgan fingerprint density at radius 2 is 2.10 bits per heavy atom. The van der Waals surface area contributed by atoms with Gasteiger partial charge in [0.05, 0.1) is 13.3 Å². The van der Waals surface area contributed by atoms with E-state index in [-0.39, 0.29) is 0 Å². The van der Waals surface area contributed by atoms with Crippen molar-refractivity contribution in [2.24, 2.45) is 0 Å². The summed E-state index contributed by atoms with van der Waals surface area (Å²) in [5, 5.41) is 11.3. The molecule has 0 atom stereocenters. The largest absolute Gasteiger partial charge is 0.497 e. The number of hydrogen-bond acceptors (Lipinski definition) is 6. The van der Waals surface area contributed by atoms with Crippen LogP contribution < -0.4 is 4.74 Å². The van der Waals surface area contributed by atoms with Crippen LogP contribution in [0.1, 0.15) is 24.7 Å². The molecule has 8 nitrogen and oxygen atoms in total. The van der Waals surface area contributed by atoms with E-state index in [9.17, 15) is 4.39 Å². The van der Waals surface area contributed by atoms with Crippen LogP contribution in [0.2, 0.25) is 0 Å². The molecule has 0 aliphatic heterocycles. The lowest BCUT2D eigenvalue weighted by atomic mass is 10.0. The zero-order valence-electron chi connectivity index (χ0n) is 16.5. The maximum Gasteiger partial charge on any atom is 0.230 e.